The summed E-state index contributed by atoms with van der Waals surface area (Å²) in [6, 6.07) is 20.7. The molecule has 2 aliphatic rings. The highest BCUT2D eigenvalue weighted by molar-refractivity contribution is 6.32. The fourth-order valence-corrected chi connectivity index (χ4v) is 8.93. The lowest BCUT2D eigenvalue weighted by Crippen LogP contribution is -2.39. The highest BCUT2D eigenvalue weighted by atomic mass is 35.5. The van der Waals surface area contributed by atoms with Crippen LogP contribution >= 0.6 is 23.2 Å². The summed E-state index contributed by atoms with van der Waals surface area (Å²) in [6.07, 6.45) is 5.52. The van der Waals surface area contributed by atoms with Crippen LogP contribution in [-0.2, 0) is 14.3 Å². The average Bonchev–Trinajstić information content (AvgIpc) is 3.87. The molecule has 2 fully saturated rings. The molecule has 3 N–H and O–H groups in total. The van der Waals surface area contributed by atoms with Crippen molar-refractivity contribution >= 4 is 45.8 Å². The van der Waals surface area contributed by atoms with Crippen LogP contribution in [0.3, 0.4) is 0 Å². The molecular weight excluding hydrogens is 755 g/mol. The molecule has 5 aromatic rings. The lowest BCUT2D eigenvalue weighted by atomic mass is 9.95. The van der Waals surface area contributed by atoms with Gasteiger partial charge in [0.25, 0.3) is 0 Å². The Balaban J connectivity index is 1.07. The second-order valence-electron chi connectivity index (χ2n) is 16.9. The van der Waals surface area contributed by atoms with Crippen molar-refractivity contribution in [3.63, 3.8) is 0 Å². The molecule has 2 saturated heterocycles. The second kappa shape index (κ2) is 17.8. The van der Waals surface area contributed by atoms with E-state index in [-0.39, 0.29) is 35.9 Å². The Bertz CT molecular complexity index is 2190. The number of amides is 2. The first-order valence-electron chi connectivity index (χ1n) is 20.7. The van der Waals surface area contributed by atoms with E-state index in [1.165, 1.54) is 0 Å². The number of nitrogens with one attached hydrogen (secondary N) is 3. The number of rotatable bonds is 13. The molecule has 9 nitrogen and oxygen atoms in total. The summed E-state index contributed by atoms with van der Waals surface area (Å²) in [5.74, 6) is 3.05. The average molecular weight is 812 g/mol. The van der Waals surface area contributed by atoms with E-state index >= 15 is 0 Å². The third kappa shape index (κ3) is 9.27. The minimum atomic E-state index is -0.242. The number of hydrogen-bond acceptors (Lipinski definition) is 5. The van der Waals surface area contributed by atoms with Gasteiger partial charge in [-0.1, -0.05) is 113 Å². The molecule has 7 rings (SSSR count). The molecule has 0 saturated carbocycles. The number of aromatic amines is 2. The van der Waals surface area contributed by atoms with Crippen molar-refractivity contribution in [2.75, 3.05) is 13.2 Å². The van der Waals surface area contributed by atoms with Crippen molar-refractivity contribution in [3.05, 3.63) is 82.6 Å². The van der Waals surface area contributed by atoms with Crippen LogP contribution < -0.4 is 5.32 Å². The van der Waals surface area contributed by atoms with Crippen molar-refractivity contribution < 1.29 is 14.3 Å². The molecule has 11 heteroatoms. The zero-order valence-corrected chi connectivity index (χ0v) is 35.5. The Labute approximate surface area is 346 Å². The first kappa shape index (κ1) is 41.0. The van der Waals surface area contributed by atoms with E-state index in [2.05, 4.69) is 96.4 Å². The molecule has 0 radical (unpaired) electrons. The van der Waals surface area contributed by atoms with Crippen molar-refractivity contribution in [1.82, 2.24) is 30.2 Å². The number of fused-ring (bicyclic) bond motifs is 1. The number of ether oxygens (including phenoxy) is 1. The molecule has 4 heterocycles. The van der Waals surface area contributed by atoms with Crippen molar-refractivity contribution in [1.29, 1.82) is 0 Å². The zero-order chi connectivity index (χ0) is 40.4. The molecule has 0 aliphatic carbocycles. The van der Waals surface area contributed by atoms with E-state index in [1.54, 1.807) is 0 Å². The third-order valence-corrected chi connectivity index (χ3v) is 12.7. The summed E-state index contributed by atoms with van der Waals surface area (Å²) in [6.45, 7) is 14.3. The zero-order valence-electron chi connectivity index (χ0n) is 34.0. The number of likely N-dealkylation sites (tertiary alicyclic amines) is 1. The van der Waals surface area contributed by atoms with Crippen LogP contribution in [-0.4, -0.2) is 55.9 Å². The Morgan fingerprint density at radius 3 is 2.16 bits per heavy atom. The van der Waals surface area contributed by atoms with Gasteiger partial charge in [0.2, 0.25) is 11.8 Å². The molecule has 5 atom stereocenters. The molecule has 2 aromatic heterocycles. The largest absolute Gasteiger partial charge is 0.381 e. The number of hydrogen-bond donors (Lipinski definition) is 3. The molecule has 0 spiro atoms. The molecule has 2 amide bonds. The predicted octanol–water partition coefficient (Wildman–Crippen LogP) is 11.3. The van der Waals surface area contributed by atoms with Crippen LogP contribution in [0.1, 0.15) is 110 Å². The Hall–Kier alpha value is -4.18. The van der Waals surface area contributed by atoms with Gasteiger partial charge in [0.15, 0.2) is 0 Å². The van der Waals surface area contributed by atoms with Gasteiger partial charge in [0.05, 0.1) is 12.1 Å². The van der Waals surface area contributed by atoms with Gasteiger partial charge in [-0.05, 0) is 90.3 Å². The first-order valence-corrected chi connectivity index (χ1v) is 21.5. The number of imidazole rings is 2. The predicted molar refractivity (Wildman–Crippen MR) is 230 cm³/mol. The standard InChI is InChI=1S/C46H56Cl2N6O3/c1-7-27(4)21-37(49-39(55)20-26(2)3)45-50-41(43(47)52-45)32-10-8-31(9-11-32)33-12-13-35-25-36(15-14-34(35)24-33)42-44(48)53-46(51-42)38-22-28(5)29(6)54(38)40(56)23-30-16-18-57-19-17-30/h8-15,24-30,37-38H,7,16-23H2,1-6H3,(H,49,55)(H,50,52)(H,51,53)/t27?,28?,29-,37+,38+/m1/s1. The summed E-state index contributed by atoms with van der Waals surface area (Å²) in [5.41, 5.74) is 5.35. The topological polar surface area (TPSA) is 116 Å². The number of carbonyl (C=O) groups is 2. The number of halogens is 2. The number of aromatic nitrogens is 4. The lowest BCUT2D eigenvalue weighted by Gasteiger charge is -2.31. The van der Waals surface area contributed by atoms with Crippen molar-refractivity contribution in [2.24, 2.45) is 23.7 Å². The van der Waals surface area contributed by atoms with Gasteiger partial charge < -0.3 is 24.9 Å². The fraction of sp³-hybridized carbons (Fsp3) is 0.478. The number of H-pyrrole nitrogens is 2. The maximum Gasteiger partial charge on any atom is 0.223 e. The highest BCUT2D eigenvalue weighted by Gasteiger charge is 2.42. The monoisotopic (exact) mass is 810 g/mol. The summed E-state index contributed by atoms with van der Waals surface area (Å²) in [7, 11) is 0. The molecule has 2 aliphatic heterocycles. The van der Waals surface area contributed by atoms with Gasteiger partial charge in [-0.15, -0.1) is 0 Å². The fourth-order valence-electron chi connectivity index (χ4n) is 8.44. The summed E-state index contributed by atoms with van der Waals surface area (Å²) >= 11 is 13.6. The van der Waals surface area contributed by atoms with Crippen LogP contribution in [0.2, 0.25) is 10.3 Å². The van der Waals surface area contributed by atoms with E-state index in [0.717, 1.165) is 84.2 Å². The normalized spacial score (nSPS) is 20.0. The minimum absolute atomic E-state index is 0.0216. The lowest BCUT2D eigenvalue weighted by molar-refractivity contribution is -0.136. The van der Waals surface area contributed by atoms with Crippen LogP contribution in [0.4, 0.5) is 0 Å². The Kier molecular flexibility index (Phi) is 12.8. The van der Waals surface area contributed by atoms with Crippen LogP contribution in [0.25, 0.3) is 44.4 Å². The van der Waals surface area contributed by atoms with Crippen LogP contribution in [0.5, 0.6) is 0 Å². The summed E-state index contributed by atoms with van der Waals surface area (Å²) in [4.78, 5) is 45.0. The van der Waals surface area contributed by atoms with Gasteiger partial charge in [0, 0.05) is 43.2 Å². The minimum Gasteiger partial charge on any atom is -0.381 e. The molecule has 57 heavy (non-hydrogen) atoms. The van der Waals surface area contributed by atoms with E-state index in [1.807, 2.05) is 26.0 Å². The van der Waals surface area contributed by atoms with Crippen LogP contribution in [0, 0.1) is 23.7 Å². The van der Waals surface area contributed by atoms with Crippen LogP contribution in [0.15, 0.2) is 60.7 Å². The molecule has 3 aromatic carbocycles. The van der Waals surface area contributed by atoms with Crippen molar-refractivity contribution in [2.45, 2.75) is 105 Å². The molecule has 302 valence electrons. The first-order chi connectivity index (χ1) is 27.4. The maximum atomic E-state index is 13.7. The van der Waals surface area contributed by atoms with Gasteiger partial charge in [-0.3, -0.25) is 9.59 Å². The molecule has 2 unspecified atom stereocenters. The van der Waals surface area contributed by atoms with Gasteiger partial charge >= 0.3 is 0 Å². The Morgan fingerprint density at radius 2 is 1.47 bits per heavy atom. The third-order valence-electron chi connectivity index (χ3n) is 12.2. The smallest absolute Gasteiger partial charge is 0.223 e. The second-order valence-corrected chi connectivity index (χ2v) is 17.7. The van der Waals surface area contributed by atoms with Gasteiger partial charge in [-0.2, -0.15) is 0 Å². The number of benzene rings is 3. The highest BCUT2D eigenvalue weighted by Crippen LogP contribution is 2.42. The van der Waals surface area contributed by atoms with E-state index in [0.29, 0.717) is 58.1 Å². The summed E-state index contributed by atoms with van der Waals surface area (Å²) < 4.78 is 5.53. The van der Waals surface area contributed by atoms with Gasteiger partial charge in [-0.25, -0.2) is 9.97 Å². The molecular formula is C46H56Cl2N6O3. The number of nitrogens with zero attached hydrogens (tertiary/aromatic N) is 3. The van der Waals surface area contributed by atoms with E-state index in [4.69, 9.17) is 37.9 Å². The van der Waals surface area contributed by atoms with E-state index < -0.39 is 0 Å². The SMILES string of the molecule is CCC(C)C[C@H](NC(=O)CC(C)C)c1nc(-c2ccc(-c3ccc4cc(-c5nc([C@@H]6CC(C)[C@@H](C)N6C(=O)CC6CCOCC6)[nH]c5Cl)ccc4c3)cc2)c(Cl)[nH]1. The number of carbonyl (C=O) groups excluding carboxylic acids is 2. The van der Waals surface area contributed by atoms with Crippen molar-refractivity contribution in [3.8, 4) is 33.6 Å². The Morgan fingerprint density at radius 1 is 0.860 bits per heavy atom. The quantitative estimate of drug-likeness (QED) is 0.109. The van der Waals surface area contributed by atoms with E-state index in [9.17, 15) is 9.59 Å². The maximum absolute atomic E-state index is 13.7. The summed E-state index contributed by atoms with van der Waals surface area (Å²) in [5, 5.41) is 6.31. The van der Waals surface area contributed by atoms with Gasteiger partial charge in [0.1, 0.15) is 33.3 Å². The molecule has 0 bridgehead atoms.